The molecule has 1 heterocycles. The first-order chi connectivity index (χ1) is 10.8. The van der Waals surface area contributed by atoms with Crippen molar-refractivity contribution >= 4 is 32.9 Å². The van der Waals surface area contributed by atoms with E-state index in [9.17, 15) is 5.26 Å². The Balaban J connectivity index is 2.12. The first kappa shape index (κ1) is 13.4. The summed E-state index contributed by atoms with van der Waals surface area (Å²) < 4.78 is 3.40. The van der Waals surface area contributed by atoms with Crippen molar-refractivity contribution in [1.29, 1.82) is 5.26 Å². The molecule has 2 aromatic carbocycles. The first-order valence-electron chi connectivity index (χ1n) is 7.27. The molecule has 0 spiro atoms. The maximum absolute atomic E-state index is 9.22. The molecule has 1 aliphatic rings. The lowest BCUT2D eigenvalue weighted by molar-refractivity contribution is 0.869. The molecule has 0 saturated carbocycles. The van der Waals surface area contributed by atoms with Crippen LogP contribution in [-0.2, 0) is 6.42 Å². The summed E-state index contributed by atoms with van der Waals surface area (Å²) in [4.78, 5) is 0. The van der Waals surface area contributed by atoms with Gasteiger partial charge in [0.25, 0.3) is 0 Å². The molecule has 0 saturated heterocycles. The van der Waals surface area contributed by atoms with Crippen molar-refractivity contribution < 1.29 is 0 Å². The Kier molecular flexibility index (Phi) is 3.13. The highest BCUT2D eigenvalue weighted by Crippen LogP contribution is 2.37. The van der Waals surface area contributed by atoms with Crippen LogP contribution in [0, 0.1) is 11.3 Å². The van der Waals surface area contributed by atoms with Crippen molar-refractivity contribution in [3.05, 3.63) is 69.8 Å². The number of nitrogens with zero attached hydrogens (tertiary/aromatic N) is 2. The van der Waals surface area contributed by atoms with Crippen LogP contribution in [-0.4, -0.2) is 4.57 Å². The minimum absolute atomic E-state index is 0.810. The van der Waals surface area contributed by atoms with Crippen molar-refractivity contribution in [3.8, 4) is 11.8 Å². The molecule has 0 aliphatic heterocycles. The first-order valence-corrected chi connectivity index (χ1v) is 8.07. The van der Waals surface area contributed by atoms with Crippen LogP contribution < -0.4 is 0 Å². The number of fused-ring (bicyclic) bond motifs is 3. The smallest absolute Gasteiger partial charge is 0.0947 e. The van der Waals surface area contributed by atoms with Gasteiger partial charge in [0.05, 0.1) is 17.3 Å². The van der Waals surface area contributed by atoms with E-state index in [2.05, 4.69) is 75.1 Å². The van der Waals surface area contributed by atoms with E-state index in [1.807, 2.05) is 6.07 Å². The molecule has 3 aromatic rings. The third-order valence-corrected chi connectivity index (χ3v) is 4.87. The average molecular weight is 349 g/mol. The van der Waals surface area contributed by atoms with Gasteiger partial charge < -0.3 is 4.57 Å². The summed E-state index contributed by atoms with van der Waals surface area (Å²) >= 11 is 3.67. The molecule has 106 valence electrons. The number of hydrogen-bond donors (Lipinski definition) is 0. The van der Waals surface area contributed by atoms with E-state index in [4.69, 9.17) is 0 Å². The van der Waals surface area contributed by atoms with Gasteiger partial charge in [0.15, 0.2) is 0 Å². The summed E-state index contributed by atoms with van der Waals surface area (Å²) in [5.74, 6) is 0. The van der Waals surface area contributed by atoms with Crippen molar-refractivity contribution in [2.45, 2.75) is 12.8 Å². The van der Waals surface area contributed by atoms with E-state index in [1.165, 1.54) is 22.2 Å². The second-order valence-corrected chi connectivity index (χ2v) is 6.30. The third-order valence-electron chi connectivity index (χ3n) is 4.20. The molecular weight excluding hydrogens is 336 g/mol. The van der Waals surface area contributed by atoms with Gasteiger partial charge in [0, 0.05) is 26.7 Å². The van der Waals surface area contributed by atoms with E-state index in [0.717, 1.165) is 28.6 Å². The normalized spacial score (nSPS) is 13.5. The fourth-order valence-electron chi connectivity index (χ4n) is 3.22. The van der Waals surface area contributed by atoms with Crippen molar-refractivity contribution in [2.24, 2.45) is 0 Å². The number of aromatic nitrogens is 1. The number of nitriles is 1. The topological polar surface area (TPSA) is 28.7 Å². The standard InChI is InChI=1S/C19H13BrN2/c20-16-6-2-4-8-19(16)22-17-7-3-1-5-14(17)15-11-13(12-21)9-10-18(15)22/h1-8,11H,9-10H2. The Morgan fingerprint density at radius 1 is 1.00 bits per heavy atom. The van der Waals surface area contributed by atoms with Crippen LogP contribution in [0.25, 0.3) is 22.7 Å². The van der Waals surface area contributed by atoms with Gasteiger partial charge in [0.2, 0.25) is 0 Å². The summed E-state index contributed by atoms with van der Waals surface area (Å²) in [6.45, 7) is 0. The van der Waals surface area contributed by atoms with Crippen molar-refractivity contribution in [2.75, 3.05) is 0 Å². The lowest BCUT2D eigenvalue weighted by Gasteiger charge is -2.15. The quantitative estimate of drug-likeness (QED) is 0.590. The fraction of sp³-hybridized carbons (Fsp3) is 0.105. The Labute approximate surface area is 137 Å². The zero-order valence-corrected chi connectivity index (χ0v) is 13.5. The molecular formula is C19H13BrN2. The molecule has 0 amide bonds. The van der Waals surface area contributed by atoms with E-state index < -0.39 is 0 Å². The highest BCUT2D eigenvalue weighted by Gasteiger charge is 2.21. The zero-order chi connectivity index (χ0) is 15.1. The Hall–Kier alpha value is -2.31. The summed E-state index contributed by atoms with van der Waals surface area (Å²) in [5.41, 5.74) is 5.67. The summed E-state index contributed by atoms with van der Waals surface area (Å²) in [5, 5.41) is 10.4. The van der Waals surface area contributed by atoms with Gasteiger partial charge in [-0.15, -0.1) is 0 Å². The SMILES string of the molecule is N#CC1=Cc2c(n(-c3ccccc3Br)c3ccccc23)CC1. The molecule has 22 heavy (non-hydrogen) atoms. The van der Waals surface area contributed by atoms with Gasteiger partial charge in [0.1, 0.15) is 0 Å². The maximum atomic E-state index is 9.22. The molecule has 4 rings (SSSR count). The number of benzene rings is 2. The number of rotatable bonds is 1. The van der Waals surface area contributed by atoms with Gasteiger partial charge in [-0.25, -0.2) is 0 Å². The Morgan fingerprint density at radius 2 is 1.77 bits per heavy atom. The average Bonchev–Trinajstić information content (AvgIpc) is 2.89. The van der Waals surface area contributed by atoms with Gasteiger partial charge >= 0.3 is 0 Å². The Bertz CT molecular complexity index is 957. The molecule has 2 nitrogen and oxygen atoms in total. The predicted molar refractivity (Wildman–Crippen MR) is 92.9 cm³/mol. The molecule has 0 radical (unpaired) electrons. The van der Waals surface area contributed by atoms with E-state index in [-0.39, 0.29) is 0 Å². The van der Waals surface area contributed by atoms with E-state index in [0.29, 0.717) is 0 Å². The number of para-hydroxylation sites is 2. The van der Waals surface area contributed by atoms with Crippen LogP contribution in [0.15, 0.2) is 58.6 Å². The second-order valence-electron chi connectivity index (χ2n) is 5.45. The molecule has 1 aromatic heterocycles. The highest BCUT2D eigenvalue weighted by molar-refractivity contribution is 9.10. The largest absolute Gasteiger partial charge is 0.312 e. The van der Waals surface area contributed by atoms with Crippen molar-refractivity contribution in [1.82, 2.24) is 4.57 Å². The second kappa shape index (κ2) is 5.15. The van der Waals surface area contributed by atoms with E-state index in [1.54, 1.807) is 0 Å². The number of allylic oxidation sites excluding steroid dienone is 1. The Morgan fingerprint density at radius 3 is 2.59 bits per heavy atom. The lowest BCUT2D eigenvalue weighted by Crippen LogP contribution is -2.05. The zero-order valence-electron chi connectivity index (χ0n) is 11.9. The van der Waals surface area contributed by atoms with Crippen LogP contribution >= 0.6 is 15.9 Å². The van der Waals surface area contributed by atoms with Gasteiger partial charge in [-0.1, -0.05) is 30.3 Å². The summed E-state index contributed by atoms with van der Waals surface area (Å²) in [6, 6.07) is 19.0. The highest BCUT2D eigenvalue weighted by atomic mass is 79.9. The summed E-state index contributed by atoms with van der Waals surface area (Å²) in [6.07, 6.45) is 3.75. The third kappa shape index (κ3) is 1.92. The molecule has 1 aliphatic carbocycles. The van der Waals surface area contributed by atoms with Gasteiger partial charge in [-0.05, 0) is 53.0 Å². The number of hydrogen-bond acceptors (Lipinski definition) is 1. The lowest BCUT2D eigenvalue weighted by atomic mass is 9.96. The van der Waals surface area contributed by atoms with Crippen molar-refractivity contribution in [3.63, 3.8) is 0 Å². The maximum Gasteiger partial charge on any atom is 0.0947 e. The molecule has 3 heteroatoms. The van der Waals surface area contributed by atoms with Crippen LogP contribution in [0.2, 0.25) is 0 Å². The van der Waals surface area contributed by atoms with Gasteiger partial charge in [-0.2, -0.15) is 5.26 Å². The van der Waals surface area contributed by atoms with E-state index >= 15 is 0 Å². The van der Waals surface area contributed by atoms with Crippen LogP contribution in [0.1, 0.15) is 17.7 Å². The predicted octanol–water partition coefficient (Wildman–Crippen LogP) is 5.25. The van der Waals surface area contributed by atoms with Gasteiger partial charge in [-0.3, -0.25) is 0 Å². The van der Waals surface area contributed by atoms with Crippen LogP contribution in [0.5, 0.6) is 0 Å². The molecule has 0 bridgehead atoms. The van der Waals surface area contributed by atoms with Crippen LogP contribution in [0.4, 0.5) is 0 Å². The number of halogens is 1. The van der Waals surface area contributed by atoms with Crippen LogP contribution in [0.3, 0.4) is 0 Å². The minimum atomic E-state index is 0.810. The molecule has 0 atom stereocenters. The fourth-order valence-corrected chi connectivity index (χ4v) is 3.68. The monoisotopic (exact) mass is 348 g/mol. The molecule has 0 unspecified atom stereocenters. The molecule has 0 N–H and O–H groups in total. The minimum Gasteiger partial charge on any atom is -0.312 e. The molecule has 0 fully saturated rings. The summed E-state index contributed by atoms with van der Waals surface area (Å²) in [7, 11) is 0.